The molecule has 14 nitrogen and oxygen atoms in total. The zero-order valence-corrected chi connectivity index (χ0v) is 25.6. The number of ketones is 1. The zero-order valence-electron chi connectivity index (χ0n) is 25.6. The molecule has 4 aliphatic carbocycles. The van der Waals surface area contributed by atoms with Gasteiger partial charge in [-0.05, 0) is 55.8 Å². The average Bonchev–Trinajstić information content (AvgIpc) is 3.29. The van der Waals surface area contributed by atoms with E-state index in [2.05, 4.69) is 32.7 Å². The van der Waals surface area contributed by atoms with Gasteiger partial charge in [0.05, 0.1) is 6.10 Å². The van der Waals surface area contributed by atoms with Crippen molar-refractivity contribution in [1.29, 1.82) is 0 Å². The molecule has 14 heteroatoms. The third-order valence-electron chi connectivity index (χ3n) is 11.0. The van der Waals surface area contributed by atoms with Crippen LogP contribution in [-0.4, -0.2) is 92.0 Å². The Balaban J connectivity index is 0.000000456. The normalized spacial score (nSPS) is 40.6. The van der Waals surface area contributed by atoms with Crippen LogP contribution in [0.5, 0.6) is 0 Å². The Morgan fingerprint density at radius 3 is 2.07 bits per heavy atom. The molecule has 248 valence electrons. The predicted molar refractivity (Wildman–Crippen MR) is 153 cm³/mol. The van der Waals surface area contributed by atoms with E-state index in [0.29, 0.717) is 25.7 Å². The number of aliphatic hydroxyl groups is 3. The van der Waals surface area contributed by atoms with Gasteiger partial charge in [-0.1, -0.05) is 33.8 Å². The summed E-state index contributed by atoms with van der Waals surface area (Å²) in [7, 11) is 0. The summed E-state index contributed by atoms with van der Waals surface area (Å²) < 4.78 is 11.2. The molecule has 2 bridgehead atoms. The Morgan fingerprint density at radius 1 is 1.02 bits per heavy atom. The van der Waals surface area contributed by atoms with Gasteiger partial charge < -0.3 is 40.7 Å². The second-order valence-electron chi connectivity index (χ2n) is 13.4. The molecule has 2 amide bonds. The number of imide groups is 1. The molecule has 0 saturated heterocycles. The number of aliphatic hydroxyl groups excluding tert-OH is 3. The van der Waals surface area contributed by atoms with Crippen LogP contribution in [0.4, 0.5) is 9.59 Å². The minimum absolute atomic E-state index is 0.0158. The Morgan fingerprint density at radius 2 is 1.57 bits per heavy atom. The number of alkyl carbamates (subject to hydrolysis) is 2. The lowest BCUT2D eigenvalue weighted by Gasteiger charge is -2.61. The SMILES string of the molecule is C=C[C@]1(C)C[C@@H](OC(=O)NC(=O)OC2CC(N)C2)[C@]2(C)[C@H](C)CC[C@]3(CCC(=O)[C@H]32)[C@@H](C)[C@@H]1O.O=C(O)C(O)C(O)C(=O)O. The lowest BCUT2D eigenvalue weighted by Crippen LogP contribution is -2.63. The number of nitrogens with one attached hydrogen (secondary N) is 1. The summed E-state index contributed by atoms with van der Waals surface area (Å²) in [6.07, 6.45) is -1.87. The van der Waals surface area contributed by atoms with Crippen LogP contribution in [0.25, 0.3) is 0 Å². The van der Waals surface area contributed by atoms with Crippen molar-refractivity contribution in [1.82, 2.24) is 5.32 Å². The first-order chi connectivity index (χ1) is 20.3. The van der Waals surface area contributed by atoms with Crippen LogP contribution in [0.3, 0.4) is 0 Å². The molecular weight excluding hydrogens is 580 g/mol. The predicted octanol–water partition coefficient (Wildman–Crippen LogP) is 1.58. The van der Waals surface area contributed by atoms with E-state index in [1.165, 1.54) is 0 Å². The van der Waals surface area contributed by atoms with Gasteiger partial charge in [-0.2, -0.15) is 0 Å². The molecule has 4 fully saturated rings. The topological polar surface area (TPSA) is 243 Å². The summed E-state index contributed by atoms with van der Waals surface area (Å²) in [5.41, 5.74) is 4.02. The first-order valence-corrected chi connectivity index (χ1v) is 14.9. The summed E-state index contributed by atoms with van der Waals surface area (Å²) in [6.45, 7) is 12.2. The van der Waals surface area contributed by atoms with Gasteiger partial charge in [0.2, 0.25) is 0 Å². The fraction of sp³-hybridized carbons (Fsp3) is 0.767. The van der Waals surface area contributed by atoms with E-state index in [9.17, 15) is 29.1 Å². The highest BCUT2D eigenvalue weighted by Crippen LogP contribution is 2.68. The van der Waals surface area contributed by atoms with Crippen molar-refractivity contribution in [2.45, 2.75) is 109 Å². The van der Waals surface area contributed by atoms with E-state index in [1.54, 1.807) is 6.08 Å². The summed E-state index contributed by atoms with van der Waals surface area (Å²) in [5.74, 6) is -3.65. The van der Waals surface area contributed by atoms with Crippen LogP contribution in [0.2, 0.25) is 0 Å². The number of hydrogen-bond donors (Lipinski definition) is 7. The van der Waals surface area contributed by atoms with Gasteiger partial charge in [0, 0.05) is 29.2 Å². The van der Waals surface area contributed by atoms with Crippen LogP contribution in [0.15, 0.2) is 12.7 Å². The lowest BCUT2D eigenvalue weighted by molar-refractivity contribution is -0.191. The van der Waals surface area contributed by atoms with E-state index in [4.69, 9.17) is 35.6 Å². The fourth-order valence-corrected chi connectivity index (χ4v) is 7.90. The molecule has 4 aliphatic rings. The molecule has 10 atom stereocenters. The number of carbonyl (C=O) groups excluding carboxylic acids is 3. The summed E-state index contributed by atoms with van der Waals surface area (Å²) in [5, 5.41) is 46.2. The van der Waals surface area contributed by atoms with Crippen molar-refractivity contribution >= 4 is 29.9 Å². The maximum atomic E-state index is 13.4. The van der Waals surface area contributed by atoms with E-state index in [0.717, 1.165) is 19.3 Å². The third-order valence-corrected chi connectivity index (χ3v) is 11.0. The number of nitrogens with two attached hydrogens (primary N) is 1. The van der Waals surface area contributed by atoms with Crippen LogP contribution < -0.4 is 11.1 Å². The van der Waals surface area contributed by atoms with Crippen molar-refractivity contribution in [3.63, 3.8) is 0 Å². The second-order valence-corrected chi connectivity index (χ2v) is 13.4. The van der Waals surface area contributed by atoms with Crippen molar-refractivity contribution < 1.29 is 59.0 Å². The van der Waals surface area contributed by atoms with E-state index in [-0.39, 0.29) is 41.1 Å². The molecule has 8 N–H and O–H groups in total. The number of rotatable bonds is 6. The fourth-order valence-electron chi connectivity index (χ4n) is 7.90. The molecule has 4 saturated carbocycles. The van der Waals surface area contributed by atoms with Crippen molar-refractivity contribution in [2.75, 3.05) is 0 Å². The number of carboxylic acids is 2. The molecule has 0 aliphatic heterocycles. The van der Waals surface area contributed by atoms with E-state index in [1.807, 2.05) is 6.92 Å². The summed E-state index contributed by atoms with van der Waals surface area (Å²) in [4.78, 5) is 58.0. The van der Waals surface area contributed by atoms with Gasteiger partial charge in [0.25, 0.3) is 0 Å². The van der Waals surface area contributed by atoms with Crippen molar-refractivity contribution in [3.05, 3.63) is 12.7 Å². The van der Waals surface area contributed by atoms with Gasteiger partial charge in [0.1, 0.15) is 18.0 Å². The highest BCUT2D eigenvalue weighted by Gasteiger charge is 2.68. The minimum Gasteiger partial charge on any atom is -0.479 e. The Bertz CT molecular complexity index is 1140. The number of carboxylic acid groups (broad SMARTS) is 2. The highest BCUT2D eigenvalue weighted by atomic mass is 16.6. The molecule has 4 rings (SSSR count). The quantitative estimate of drug-likeness (QED) is 0.207. The number of carbonyl (C=O) groups is 5. The Hall–Kier alpha value is -3.07. The van der Waals surface area contributed by atoms with Crippen LogP contribution >= 0.6 is 0 Å². The second kappa shape index (κ2) is 13.1. The first kappa shape index (κ1) is 35.4. The monoisotopic (exact) mass is 626 g/mol. The third kappa shape index (κ3) is 6.49. The van der Waals surface area contributed by atoms with Gasteiger partial charge in [0.15, 0.2) is 12.2 Å². The largest absolute Gasteiger partial charge is 0.479 e. The summed E-state index contributed by atoms with van der Waals surface area (Å²) >= 11 is 0. The van der Waals surface area contributed by atoms with E-state index < -0.39 is 59.4 Å². The molecular formula is C30H46N2O12. The standard InChI is InChI=1S/C26H40N2O6.C4H6O6/c1-6-24(4)13-19(34-23(32)28-22(31)33-17-11-16(27)12-17)25(5)14(2)7-9-26(15(3)21(24)30)10-8-18(29)20(25)26;5-1(3(7)8)2(6)4(9)10/h6,14-17,19-21,30H,1,7-13,27H2,2-5H3,(H,28,31,32);1-2,5-6H,(H,7,8)(H,9,10)/t14-,15+,16?,17?,19-,20+,21+,24-,25+,26+;/m1./s1. The van der Waals surface area contributed by atoms with Gasteiger partial charge in [-0.15, -0.1) is 6.58 Å². The molecule has 2 unspecified atom stereocenters. The van der Waals surface area contributed by atoms with Crippen LogP contribution in [0.1, 0.15) is 72.6 Å². The molecule has 0 radical (unpaired) electrons. The minimum atomic E-state index is -2.27. The zero-order chi connectivity index (χ0) is 33.4. The van der Waals surface area contributed by atoms with Crippen LogP contribution in [-0.2, 0) is 23.9 Å². The maximum absolute atomic E-state index is 13.4. The number of ether oxygens (including phenoxy) is 2. The van der Waals surface area contributed by atoms with Crippen molar-refractivity contribution in [2.24, 2.45) is 39.7 Å². The van der Waals surface area contributed by atoms with Crippen molar-refractivity contribution in [3.8, 4) is 0 Å². The Labute approximate surface area is 256 Å². The average molecular weight is 627 g/mol. The number of aliphatic carboxylic acids is 2. The first-order valence-electron chi connectivity index (χ1n) is 14.9. The molecule has 0 aromatic heterocycles. The van der Waals surface area contributed by atoms with Crippen LogP contribution in [0, 0.1) is 34.0 Å². The van der Waals surface area contributed by atoms with E-state index >= 15 is 0 Å². The van der Waals surface area contributed by atoms with Gasteiger partial charge in [-0.3, -0.25) is 4.79 Å². The van der Waals surface area contributed by atoms with Gasteiger partial charge >= 0.3 is 24.1 Å². The summed E-state index contributed by atoms with van der Waals surface area (Å²) in [6, 6.07) is 0.0158. The molecule has 0 heterocycles. The maximum Gasteiger partial charge on any atom is 0.416 e. The number of Topliss-reactive ketones (excluding diaryl/α,β-unsaturated/α-hetero) is 1. The highest BCUT2D eigenvalue weighted by molar-refractivity contribution is 5.88. The van der Waals surface area contributed by atoms with Gasteiger partial charge in [-0.25, -0.2) is 24.5 Å². The number of hydrogen-bond acceptors (Lipinski definition) is 11. The molecule has 0 aromatic carbocycles. The smallest absolute Gasteiger partial charge is 0.416 e. The Kier molecular flexibility index (Phi) is 10.6. The lowest BCUT2D eigenvalue weighted by atomic mass is 9.44. The molecule has 0 spiro atoms. The number of amides is 2. The molecule has 44 heavy (non-hydrogen) atoms. The molecule has 0 aromatic rings.